The van der Waals surface area contributed by atoms with E-state index < -0.39 is 62.0 Å². The van der Waals surface area contributed by atoms with E-state index in [4.69, 9.17) is 4.74 Å². The second-order valence-electron chi connectivity index (χ2n) is 9.26. The third-order valence-corrected chi connectivity index (χ3v) is 8.71. The number of halogens is 4. The first-order valence-electron chi connectivity index (χ1n) is 12.4. The summed E-state index contributed by atoms with van der Waals surface area (Å²) in [5.74, 6) is -6.84. The third-order valence-electron chi connectivity index (χ3n) is 6.80. The van der Waals surface area contributed by atoms with Crippen molar-refractivity contribution >= 4 is 27.7 Å². The Hall–Kier alpha value is -3.23. The minimum Gasteiger partial charge on any atom is -0.446 e. The Morgan fingerprint density at radius 3 is 2.13 bits per heavy atom. The number of sulfonamides is 1. The Morgan fingerprint density at radius 1 is 0.923 bits per heavy atom. The highest BCUT2D eigenvalue weighted by molar-refractivity contribution is 7.89. The maximum absolute atomic E-state index is 14.6. The van der Waals surface area contributed by atoms with Crippen molar-refractivity contribution in [3.63, 3.8) is 0 Å². The Morgan fingerprint density at radius 2 is 1.54 bits per heavy atom. The molecule has 0 aliphatic carbocycles. The van der Waals surface area contributed by atoms with Gasteiger partial charge in [0.2, 0.25) is 10.0 Å². The molecule has 2 amide bonds. The van der Waals surface area contributed by atoms with Crippen molar-refractivity contribution in [1.29, 1.82) is 0 Å². The number of ether oxygens (including phenoxy) is 1. The van der Waals surface area contributed by atoms with E-state index in [0.29, 0.717) is 25.2 Å². The van der Waals surface area contributed by atoms with Crippen LogP contribution in [0.1, 0.15) is 30.1 Å². The van der Waals surface area contributed by atoms with E-state index in [-0.39, 0.29) is 31.5 Å². The first kappa shape index (κ1) is 28.8. The molecule has 2 aliphatic rings. The fourth-order valence-electron chi connectivity index (χ4n) is 4.47. The van der Waals surface area contributed by atoms with Crippen molar-refractivity contribution < 1.29 is 40.3 Å². The molecule has 0 radical (unpaired) electrons. The smallest absolute Gasteiger partial charge is 0.410 e. The minimum atomic E-state index is -4.37. The maximum Gasteiger partial charge on any atom is 0.410 e. The zero-order valence-electron chi connectivity index (χ0n) is 21.1. The molecule has 2 saturated heterocycles. The number of hydrogen-bond acceptors (Lipinski definition) is 6. The Kier molecular flexibility index (Phi) is 8.76. The highest BCUT2D eigenvalue weighted by Crippen LogP contribution is 2.26. The number of nitrogens with one attached hydrogen (secondary N) is 1. The molecule has 0 spiro atoms. The quantitative estimate of drug-likeness (QED) is 0.421. The lowest BCUT2D eigenvalue weighted by Gasteiger charge is -2.35. The predicted octanol–water partition coefficient (Wildman–Crippen LogP) is 3.42. The average Bonchev–Trinajstić information content (AvgIpc) is 2.92. The van der Waals surface area contributed by atoms with Crippen LogP contribution >= 0.6 is 0 Å². The van der Waals surface area contributed by atoms with Gasteiger partial charge in [0.05, 0.1) is 0 Å². The summed E-state index contributed by atoms with van der Waals surface area (Å²) in [6.07, 6.45) is -0.517. The number of rotatable bonds is 6. The van der Waals surface area contributed by atoms with Crippen molar-refractivity contribution in [3.05, 3.63) is 59.2 Å². The normalized spacial score (nSPS) is 17.7. The van der Waals surface area contributed by atoms with Crippen LogP contribution in [0.5, 0.6) is 0 Å². The summed E-state index contributed by atoms with van der Waals surface area (Å²) in [6.45, 7) is 5.48. The van der Waals surface area contributed by atoms with E-state index in [1.165, 1.54) is 0 Å². The Bertz CT molecular complexity index is 1320. The van der Waals surface area contributed by atoms with Crippen LogP contribution in [0.15, 0.2) is 35.2 Å². The monoisotopic (exact) mass is 572 g/mol. The minimum absolute atomic E-state index is 0.0338. The van der Waals surface area contributed by atoms with Gasteiger partial charge in [-0.05, 0) is 37.6 Å². The lowest BCUT2D eigenvalue weighted by atomic mass is 10.1. The van der Waals surface area contributed by atoms with Gasteiger partial charge < -0.3 is 19.9 Å². The molecular weight excluding hydrogens is 544 g/mol. The van der Waals surface area contributed by atoms with Gasteiger partial charge in [0.25, 0.3) is 5.91 Å². The second-order valence-corrected chi connectivity index (χ2v) is 11.2. The summed E-state index contributed by atoms with van der Waals surface area (Å²) < 4.78 is 87.7. The number of benzene rings is 2. The molecule has 4 rings (SSSR count). The molecule has 2 aromatic carbocycles. The summed E-state index contributed by atoms with van der Waals surface area (Å²) in [7, 11) is -4.37. The van der Waals surface area contributed by atoms with Gasteiger partial charge in [-0.25, -0.2) is 30.8 Å². The van der Waals surface area contributed by atoms with Crippen molar-refractivity contribution in [2.75, 3.05) is 51.1 Å². The number of nitrogens with zero attached hydrogens (tertiary/aromatic N) is 3. The standard InChI is InChI=1S/C25H28F4N4O5S/c1-2-31-9-11-32(12-10-31)25(35)38-18-5-7-33(8-6-18)39(36,37)22-13-16(3-4-19(22)26)24(34)30-17-14-20(27)23(29)21(28)15-17/h3-4,13-15,18H,2,5-12H2,1H3,(H,30,34). The topological polar surface area (TPSA) is 99.3 Å². The van der Waals surface area contributed by atoms with E-state index in [0.717, 1.165) is 42.1 Å². The van der Waals surface area contributed by atoms with E-state index in [1.807, 2.05) is 6.92 Å². The molecule has 0 atom stereocenters. The maximum atomic E-state index is 14.6. The largest absolute Gasteiger partial charge is 0.446 e. The zero-order valence-corrected chi connectivity index (χ0v) is 21.9. The summed E-state index contributed by atoms with van der Waals surface area (Å²) >= 11 is 0. The first-order chi connectivity index (χ1) is 18.5. The van der Waals surface area contributed by atoms with Crippen LogP contribution in [-0.4, -0.2) is 86.4 Å². The Balaban J connectivity index is 1.39. The van der Waals surface area contributed by atoms with Crippen molar-refractivity contribution in [2.45, 2.75) is 30.8 Å². The lowest BCUT2D eigenvalue weighted by Crippen LogP contribution is -2.50. The Labute approximate surface area is 223 Å². The zero-order chi connectivity index (χ0) is 28.3. The summed E-state index contributed by atoms with van der Waals surface area (Å²) in [4.78, 5) is 28.1. The number of piperazine rings is 1. The van der Waals surface area contributed by atoms with Gasteiger partial charge in [0.1, 0.15) is 16.8 Å². The number of likely N-dealkylation sites (N-methyl/N-ethyl adjacent to an activating group) is 1. The number of carbonyl (C=O) groups is 2. The third kappa shape index (κ3) is 6.50. The molecule has 2 fully saturated rings. The van der Waals surface area contributed by atoms with Crippen molar-refractivity contribution in [2.24, 2.45) is 0 Å². The summed E-state index contributed by atoms with van der Waals surface area (Å²) in [5, 5.41) is 2.13. The number of piperidine rings is 1. The van der Waals surface area contributed by atoms with Gasteiger partial charge in [-0.3, -0.25) is 4.79 Å². The number of carbonyl (C=O) groups excluding carboxylic acids is 2. The fraction of sp³-hybridized carbons (Fsp3) is 0.440. The van der Waals surface area contributed by atoms with Crippen LogP contribution in [0.25, 0.3) is 0 Å². The number of hydrogen-bond donors (Lipinski definition) is 1. The van der Waals surface area contributed by atoms with Gasteiger partial charge in [-0.1, -0.05) is 6.92 Å². The van der Waals surface area contributed by atoms with Crippen LogP contribution in [-0.2, 0) is 14.8 Å². The molecular formula is C25H28F4N4O5S. The summed E-state index contributed by atoms with van der Waals surface area (Å²) in [5.41, 5.74) is -0.707. The van der Waals surface area contributed by atoms with Crippen LogP contribution in [0, 0.1) is 23.3 Å². The van der Waals surface area contributed by atoms with Crippen molar-refractivity contribution in [1.82, 2.24) is 14.1 Å². The fourth-order valence-corrected chi connectivity index (χ4v) is 6.03. The molecule has 0 bridgehead atoms. The van der Waals surface area contributed by atoms with Crippen LogP contribution in [0.2, 0.25) is 0 Å². The first-order valence-corrected chi connectivity index (χ1v) is 13.9. The van der Waals surface area contributed by atoms with Gasteiger partial charge >= 0.3 is 6.09 Å². The van der Waals surface area contributed by atoms with Gasteiger partial charge in [-0.2, -0.15) is 4.31 Å². The lowest BCUT2D eigenvalue weighted by molar-refractivity contribution is 0.0290. The molecule has 2 aromatic rings. The molecule has 2 heterocycles. The van der Waals surface area contributed by atoms with Gasteiger partial charge in [0, 0.05) is 62.7 Å². The van der Waals surface area contributed by atoms with Crippen LogP contribution in [0.4, 0.5) is 28.0 Å². The molecule has 1 N–H and O–H groups in total. The highest BCUT2D eigenvalue weighted by Gasteiger charge is 2.34. The van der Waals surface area contributed by atoms with E-state index >= 15 is 0 Å². The molecule has 0 saturated carbocycles. The molecule has 39 heavy (non-hydrogen) atoms. The van der Waals surface area contributed by atoms with Crippen LogP contribution in [0.3, 0.4) is 0 Å². The van der Waals surface area contributed by atoms with E-state index in [9.17, 15) is 35.6 Å². The van der Waals surface area contributed by atoms with Crippen LogP contribution < -0.4 is 5.32 Å². The molecule has 14 heteroatoms. The molecule has 0 aromatic heterocycles. The molecule has 0 unspecified atom stereocenters. The highest BCUT2D eigenvalue weighted by atomic mass is 32.2. The van der Waals surface area contributed by atoms with E-state index in [1.54, 1.807) is 4.90 Å². The number of amides is 2. The van der Waals surface area contributed by atoms with E-state index in [2.05, 4.69) is 10.2 Å². The van der Waals surface area contributed by atoms with Gasteiger partial charge in [0.15, 0.2) is 17.5 Å². The van der Waals surface area contributed by atoms with Crippen molar-refractivity contribution in [3.8, 4) is 0 Å². The summed E-state index contributed by atoms with van der Waals surface area (Å²) in [6, 6.07) is 3.73. The predicted molar refractivity (Wildman–Crippen MR) is 133 cm³/mol. The molecule has 212 valence electrons. The van der Waals surface area contributed by atoms with Gasteiger partial charge in [-0.15, -0.1) is 0 Å². The average molecular weight is 573 g/mol. The SMILES string of the molecule is CCN1CCN(C(=O)OC2CCN(S(=O)(=O)c3cc(C(=O)Nc4cc(F)c(F)c(F)c4)ccc3F)CC2)CC1. The molecule has 2 aliphatic heterocycles. The molecule has 9 nitrogen and oxygen atoms in total. The number of anilines is 1. The second kappa shape index (κ2) is 11.9.